The van der Waals surface area contributed by atoms with Crippen molar-refractivity contribution in [1.82, 2.24) is 24.5 Å². The Morgan fingerprint density at radius 1 is 0.287 bits per heavy atom. The van der Waals surface area contributed by atoms with Crippen molar-refractivity contribution in [3.63, 3.8) is 0 Å². The van der Waals surface area contributed by atoms with Crippen molar-refractivity contribution in [3.8, 4) is 0 Å². The molecule has 15 heteroatoms. The molecule has 1 aromatic carbocycles. The van der Waals surface area contributed by atoms with Crippen molar-refractivity contribution in [2.75, 3.05) is 0 Å². The van der Waals surface area contributed by atoms with Crippen LogP contribution in [0.1, 0.15) is 500 Å². The number of benzene rings is 1. The standard InChI is InChI=1S/C26H43NO2.C22H33NO2.C21H37NO2.C20H37NO2.C18H33NO2/c1-25(2,26-16-19-13-20(17-26)15-21(14-19)18-26)29-24(28)27(22-9-5-3-6-10-22)23-11-7-4-8-12-23;1-22(2,18-12-6-3-7-13-18)25-21(24)23(19-14-8-4-9-15-19)20-16-10-5-11-17-20;1-21(2,17-11-9-10-12-17)24-20(23)22(18-13-5-3-6-14-18)19-15-7-4-8-16-19;1-4-20(5-2,6-3)23-19(22)21(17-13-9-7-10-14-17)18-15-11-8-12-16-18;1-4-18(2,3)21-17(20)19(15-11-7-5-8-12-15)16-13-9-6-10-14-16/h19-23H,3-18H2,1-2H3;3,6-7,12-13,19-20H,4-5,8-11,14-17H2,1-2H3;17-19H,3-16H2,1-2H3;17-18H,4-16H2,1-3H3;15-16H,4-14H2,1-3H3. The lowest BCUT2D eigenvalue weighted by molar-refractivity contribution is -0.169. The van der Waals surface area contributed by atoms with E-state index in [-0.39, 0.29) is 58.3 Å². The largest absolute Gasteiger partial charge is 0.443 e. The second-order valence-electron chi connectivity index (χ2n) is 44.3. The van der Waals surface area contributed by atoms with E-state index in [1.165, 1.54) is 334 Å². The Balaban J connectivity index is 0.000000149. The van der Waals surface area contributed by atoms with E-state index >= 15 is 0 Å². The van der Waals surface area contributed by atoms with Crippen molar-refractivity contribution in [3.05, 3.63) is 35.9 Å². The molecule has 0 N–H and O–H groups in total. The summed E-state index contributed by atoms with van der Waals surface area (Å²) in [5, 5.41) is 0. The minimum Gasteiger partial charge on any atom is -0.443 e. The minimum absolute atomic E-state index is 0.00861. The van der Waals surface area contributed by atoms with Gasteiger partial charge < -0.3 is 48.2 Å². The van der Waals surface area contributed by atoms with E-state index in [0.717, 1.165) is 100 Å². The monoisotopic (exact) mass is 1700 g/mol. The Labute approximate surface area is 745 Å². The summed E-state index contributed by atoms with van der Waals surface area (Å²) >= 11 is 0. The Morgan fingerprint density at radius 2 is 0.516 bits per heavy atom. The molecule has 0 aromatic heterocycles. The van der Waals surface area contributed by atoms with Gasteiger partial charge in [-0.25, -0.2) is 24.0 Å². The molecule has 696 valence electrons. The fourth-order valence-electron chi connectivity index (χ4n) is 26.5. The first-order valence-corrected chi connectivity index (χ1v) is 52.9. The zero-order valence-corrected chi connectivity index (χ0v) is 80.5. The van der Waals surface area contributed by atoms with Crippen LogP contribution in [0.25, 0.3) is 0 Å². The van der Waals surface area contributed by atoms with Crippen LogP contribution < -0.4 is 0 Å². The number of hydrogen-bond donors (Lipinski definition) is 0. The molecule has 122 heavy (non-hydrogen) atoms. The lowest BCUT2D eigenvalue weighted by Gasteiger charge is -2.61. The second-order valence-corrected chi connectivity index (χ2v) is 44.3. The number of carbonyl (C=O) groups excluding carboxylic acids is 5. The van der Waals surface area contributed by atoms with E-state index in [2.05, 4.69) is 79.9 Å². The van der Waals surface area contributed by atoms with E-state index < -0.39 is 5.60 Å². The number of nitrogens with zero attached hydrogens (tertiary/aromatic N) is 5. The van der Waals surface area contributed by atoms with Gasteiger partial charge in [0, 0.05) is 65.8 Å². The molecule has 15 nitrogen and oxygen atoms in total. The van der Waals surface area contributed by atoms with Gasteiger partial charge in [-0.3, -0.25) is 0 Å². The third kappa shape index (κ3) is 27.3. The maximum Gasteiger partial charge on any atom is 0.411 e. The zero-order valence-electron chi connectivity index (χ0n) is 80.5. The zero-order chi connectivity index (χ0) is 86.8. The van der Waals surface area contributed by atoms with Gasteiger partial charge >= 0.3 is 30.5 Å². The normalized spacial score (nSPS) is 25.9. The smallest absolute Gasteiger partial charge is 0.411 e. The fourth-order valence-corrected chi connectivity index (χ4v) is 26.5. The van der Waals surface area contributed by atoms with Crippen LogP contribution >= 0.6 is 0 Å². The van der Waals surface area contributed by atoms with Gasteiger partial charge in [0.05, 0.1) is 0 Å². The van der Waals surface area contributed by atoms with Crippen LogP contribution in [0.3, 0.4) is 0 Å². The quantitative estimate of drug-likeness (QED) is 0.103. The Hall–Kier alpha value is -4.43. The number of ether oxygens (including phenoxy) is 5. The lowest BCUT2D eigenvalue weighted by atomic mass is 9.46. The highest BCUT2D eigenvalue weighted by molar-refractivity contribution is 5.71. The summed E-state index contributed by atoms with van der Waals surface area (Å²) in [6.45, 7) is 25.4. The molecule has 15 aliphatic carbocycles. The first kappa shape index (κ1) is 98.2. The number of carbonyl (C=O) groups is 5. The molecule has 15 aliphatic rings. The Kier molecular flexibility index (Phi) is 38.4. The molecule has 0 heterocycles. The van der Waals surface area contributed by atoms with Gasteiger partial charge in [-0.05, 0) is 290 Å². The van der Waals surface area contributed by atoms with Crippen molar-refractivity contribution < 1.29 is 47.7 Å². The van der Waals surface area contributed by atoms with E-state index in [1.807, 2.05) is 58.0 Å². The molecule has 0 unspecified atom stereocenters. The highest BCUT2D eigenvalue weighted by Gasteiger charge is 2.60. The van der Waals surface area contributed by atoms with Gasteiger partial charge in [-0.1, -0.05) is 263 Å². The van der Waals surface area contributed by atoms with Crippen molar-refractivity contribution in [2.24, 2.45) is 29.1 Å². The van der Waals surface area contributed by atoms with Gasteiger partial charge in [-0.15, -0.1) is 0 Å². The van der Waals surface area contributed by atoms with Crippen LogP contribution in [-0.2, 0) is 29.3 Å². The van der Waals surface area contributed by atoms with Crippen LogP contribution in [0.15, 0.2) is 30.3 Å². The summed E-state index contributed by atoms with van der Waals surface area (Å²) < 4.78 is 30.8. The third-order valence-electron chi connectivity index (χ3n) is 34.3. The molecule has 0 spiro atoms. The summed E-state index contributed by atoms with van der Waals surface area (Å²) in [5.41, 5.74) is -0.563. The number of rotatable bonds is 22. The molecule has 5 amide bonds. The Bertz CT molecular complexity index is 3060. The molecule has 1 aromatic rings. The molecule has 15 fully saturated rings. The maximum absolute atomic E-state index is 13.8. The predicted molar refractivity (Wildman–Crippen MR) is 498 cm³/mol. The minimum atomic E-state index is -0.597. The molecular weight excluding hydrogens is 1520 g/mol. The van der Waals surface area contributed by atoms with Crippen molar-refractivity contribution >= 4 is 30.5 Å². The first-order valence-electron chi connectivity index (χ1n) is 52.9. The molecular formula is C107H183N5O10. The first-order chi connectivity index (χ1) is 58.8. The van der Waals surface area contributed by atoms with Crippen LogP contribution in [0, 0.1) is 29.1 Å². The number of amides is 5. The van der Waals surface area contributed by atoms with E-state index in [0.29, 0.717) is 66.3 Å². The van der Waals surface area contributed by atoms with Crippen LogP contribution in [0.5, 0.6) is 0 Å². The number of hydrogen-bond acceptors (Lipinski definition) is 10. The topological polar surface area (TPSA) is 148 Å². The summed E-state index contributed by atoms with van der Waals surface area (Å²) in [7, 11) is 0. The summed E-state index contributed by atoms with van der Waals surface area (Å²) in [6.07, 6.45) is 78.5. The predicted octanol–water partition coefficient (Wildman–Crippen LogP) is 30.5. The van der Waals surface area contributed by atoms with Crippen LogP contribution in [0.4, 0.5) is 24.0 Å². The highest BCUT2D eigenvalue weighted by Crippen LogP contribution is 2.65. The van der Waals surface area contributed by atoms with Gasteiger partial charge in [0.25, 0.3) is 0 Å². The second kappa shape index (κ2) is 47.8. The summed E-state index contributed by atoms with van der Waals surface area (Å²) in [5.74, 6) is 3.23. The van der Waals surface area contributed by atoms with Crippen molar-refractivity contribution in [2.45, 2.75) is 582 Å². The van der Waals surface area contributed by atoms with Crippen LogP contribution in [-0.4, -0.2) is 138 Å². The Morgan fingerprint density at radius 3 is 0.770 bits per heavy atom. The van der Waals surface area contributed by atoms with Gasteiger partial charge in [0.15, 0.2) is 0 Å². The molecule has 0 aliphatic heterocycles. The summed E-state index contributed by atoms with van der Waals surface area (Å²) in [6, 6.07) is 14.2. The van der Waals surface area contributed by atoms with Gasteiger partial charge in [0.2, 0.25) is 0 Å². The molecule has 4 bridgehead atoms. The molecule has 0 saturated heterocycles. The van der Waals surface area contributed by atoms with Gasteiger partial charge in [-0.2, -0.15) is 0 Å². The summed E-state index contributed by atoms with van der Waals surface area (Å²) in [4.78, 5) is 77.1. The maximum atomic E-state index is 13.8. The van der Waals surface area contributed by atoms with E-state index in [9.17, 15) is 24.0 Å². The van der Waals surface area contributed by atoms with E-state index in [4.69, 9.17) is 23.7 Å². The third-order valence-corrected chi connectivity index (χ3v) is 34.3. The molecule has 0 atom stereocenters. The van der Waals surface area contributed by atoms with Crippen molar-refractivity contribution in [1.29, 1.82) is 0 Å². The van der Waals surface area contributed by atoms with Crippen LogP contribution in [0.2, 0.25) is 0 Å². The fraction of sp³-hybridized carbons (Fsp3) is 0.897. The average Bonchev–Trinajstić information content (AvgIpc) is 1.66. The highest BCUT2D eigenvalue weighted by atomic mass is 16.6. The molecule has 0 radical (unpaired) electrons. The average molecular weight is 1700 g/mol. The lowest BCUT2D eigenvalue weighted by Crippen LogP contribution is -2.59. The van der Waals surface area contributed by atoms with Gasteiger partial charge in [0.1, 0.15) is 28.0 Å². The van der Waals surface area contributed by atoms with E-state index in [1.54, 1.807) is 0 Å². The molecule has 15 saturated carbocycles. The SMILES string of the molecule is CC(C)(OC(=O)N(C1CCCCC1)C1CCCCC1)C12CC3CC(CC(C3)C1)C2.CC(C)(OC(=O)N(C1CCCCC1)C1CCCCC1)C1CCCC1.CC(C)(OC(=O)N(C1CCCCC1)C1CCCCC1)c1ccccc1.CCC(C)(C)OC(=O)N(C1CCCCC1)C1CCCCC1.CCC(CC)(CC)OC(=O)N(C1CCCCC1)C1CCCCC1. The molecule has 16 rings (SSSR count).